The maximum atomic E-state index is 12.3. The average molecular weight is 914 g/mol. The highest BCUT2D eigenvalue weighted by Crippen LogP contribution is 2.54. The summed E-state index contributed by atoms with van der Waals surface area (Å²) in [7, 11) is 1.64. The van der Waals surface area contributed by atoms with Gasteiger partial charge in [0.2, 0.25) is 0 Å². The second kappa shape index (κ2) is 19.3. The minimum atomic E-state index is -0.926. The molecule has 346 valence electrons. The number of para-hydroxylation sites is 1. The predicted octanol–water partition coefficient (Wildman–Crippen LogP) is 11.8. The zero-order valence-electron chi connectivity index (χ0n) is 39.1. The topological polar surface area (TPSA) is 134 Å². The van der Waals surface area contributed by atoms with E-state index in [1.54, 1.807) is 19.2 Å². The molecule has 3 N–H and O–H groups in total. The summed E-state index contributed by atoms with van der Waals surface area (Å²) in [5, 5.41) is 45.7. The number of allylic oxidation sites excluding steroid dienone is 5. The molecule has 69 heavy (non-hydrogen) atoms. The van der Waals surface area contributed by atoms with Crippen molar-refractivity contribution < 1.29 is 29.6 Å². The molecule has 0 spiro atoms. The van der Waals surface area contributed by atoms with Gasteiger partial charge in [-0.2, -0.15) is 5.26 Å². The number of ether oxygens (including phenoxy) is 1. The smallest absolute Gasteiger partial charge is 0.305 e. The van der Waals surface area contributed by atoms with Gasteiger partial charge < -0.3 is 29.9 Å². The monoisotopic (exact) mass is 913 g/mol. The SMILES string of the molecule is COc1ccc2ccc3c(c2c1)C(C)(Cc1ccc(O)cc1)\C(=C/C=C(C#N)/C=C/C1N(CCC(=O)O)c2ccccc2C1(Cc1ccc2ccccc2c1)Cc1ccccc1C)N3CCC(=O)O. The molecule has 0 bridgehead atoms. The Bertz CT molecular complexity index is 3240. The van der Waals surface area contributed by atoms with Gasteiger partial charge in [-0.25, -0.2) is 0 Å². The number of nitriles is 1. The largest absolute Gasteiger partial charge is 0.508 e. The van der Waals surface area contributed by atoms with E-state index >= 15 is 0 Å². The van der Waals surface area contributed by atoms with Gasteiger partial charge in [0.1, 0.15) is 11.5 Å². The summed E-state index contributed by atoms with van der Waals surface area (Å²) in [5.74, 6) is -0.966. The Balaban J connectivity index is 1.21. The molecule has 2 heterocycles. The van der Waals surface area contributed by atoms with Gasteiger partial charge in [-0.15, -0.1) is 0 Å². The maximum Gasteiger partial charge on any atom is 0.305 e. The molecule has 0 saturated heterocycles. The second-order valence-corrected chi connectivity index (χ2v) is 18.6. The van der Waals surface area contributed by atoms with Crippen LogP contribution in [0.2, 0.25) is 0 Å². The number of aryl methyl sites for hydroxylation is 1. The molecule has 7 aromatic rings. The van der Waals surface area contributed by atoms with Crippen molar-refractivity contribution in [3.05, 3.63) is 215 Å². The highest BCUT2D eigenvalue weighted by molar-refractivity contribution is 5.96. The number of methoxy groups -OCH3 is 1. The highest BCUT2D eigenvalue weighted by atomic mass is 16.5. The van der Waals surface area contributed by atoms with Crippen molar-refractivity contribution in [2.45, 2.75) is 62.8 Å². The minimum Gasteiger partial charge on any atom is -0.508 e. The number of hydrogen-bond donors (Lipinski definition) is 3. The van der Waals surface area contributed by atoms with Crippen molar-refractivity contribution in [2.24, 2.45) is 0 Å². The molecule has 0 amide bonds. The summed E-state index contributed by atoms with van der Waals surface area (Å²) in [6.07, 6.45) is 9.35. The van der Waals surface area contributed by atoms with Gasteiger partial charge >= 0.3 is 11.9 Å². The number of hydrogen-bond acceptors (Lipinski definition) is 7. The van der Waals surface area contributed by atoms with Gasteiger partial charge in [-0.3, -0.25) is 9.59 Å². The van der Waals surface area contributed by atoms with E-state index in [1.807, 2.05) is 78.9 Å². The first-order valence-corrected chi connectivity index (χ1v) is 23.4. The van der Waals surface area contributed by atoms with E-state index in [-0.39, 0.29) is 37.7 Å². The fourth-order valence-corrected chi connectivity index (χ4v) is 11.0. The Morgan fingerprint density at radius 2 is 1.42 bits per heavy atom. The quantitative estimate of drug-likeness (QED) is 0.0640. The first kappa shape index (κ1) is 46.0. The molecular formula is C60H55N3O6. The number of carbonyl (C=O) groups is 2. The molecule has 2 aliphatic rings. The van der Waals surface area contributed by atoms with E-state index in [1.165, 1.54) is 5.56 Å². The predicted molar refractivity (Wildman–Crippen MR) is 274 cm³/mol. The number of phenolic OH excluding ortho intramolecular Hbond substituents is 1. The third-order valence-electron chi connectivity index (χ3n) is 14.3. The first-order valence-electron chi connectivity index (χ1n) is 23.4. The zero-order valence-corrected chi connectivity index (χ0v) is 39.1. The van der Waals surface area contributed by atoms with Crippen molar-refractivity contribution in [1.82, 2.24) is 0 Å². The molecule has 2 aliphatic heterocycles. The van der Waals surface area contributed by atoms with Gasteiger partial charge in [0, 0.05) is 41.0 Å². The number of carboxylic acid groups (broad SMARTS) is 2. The fraction of sp³-hybridized carbons (Fsp3) is 0.217. The molecule has 3 atom stereocenters. The number of aromatic hydroxyl groups is 1. The Hall–Kier alpha value is -8.09. The Labute approximate surface area is 403 Å². The van der Waals surface area contributed by atoms with Gasteiger partial charge in [0.15, 0.2) is 0 Å². The number of aliphatic carboxylic acids is 2. The molecule has 7 aromatic carbocycles. The summed E-state index contributed by atoms with van der Waals surface area (Å²) in [4.78, 5) is 28.9. The zero-order chi connectivity index (χ0) is 48.3. The number of rotatable bonds is 16. The summed E-state index contributed by atoms with van der Waals surface area (Å²) in [6.45, 7) is 4.74. The molecule has 9 heteroatoms. The van der Waals surface area contributed by atoms with E-state index in [9.17, 15) is 30.2 Å². The first-order chi connectivity index (χ1) is 33.4. The highest BCUT2D eigenvalue weighted by Gasteiger charge is 2.50. The third kappa shape index (κ3) is 9.06. The van der Waals surface area contributed by atoms with E-state index in [2.05, 4.69) is 109 Å². The molecule has 0 fully saturated rings. The van der Waals surface area contributed by atoms with Gasteiger partial charge in [0.25, 0.3) is 0 Å². The summed E-state index contributed by atoms with van der Waals surface area (Å²) in [6, 6.07) is 51.0. The Morgan fingerprint density at radius 1 is 0.739 bits per heavy atom. The van der Waals surface area contributed by atoms with Crippen LogP contribution in [0.15, 0.2) is 181 Å². The van der Waals surface area contributed by atoms with Crippen LogP contribution in [0.25, 0.3) is 21.5 Å². The number of anilines is 2. The average Bonchev–Trinajstić information content (AvgIpc) is 3.74. The third-order valence-corrected chi connectivity index (χ3v) is 14.3. The molecule has 0 aromatic heterocycles. The van der Waals surface area contributed by atoms with Crippen LogP contribution in [0.5, 0.6) is 11.5 Å². The van der Waals surface area contributed by atoms with Crippen LogP contribution in [0.3, 0.4) is 0 Å². The van der Waals surface area contributed by atoms with Gasteiger partial charge in [-0.1, -0.05) is 115 Å². The van der Waals surface area contributed by atoms with Crippen molar-refractivity contribution in [2.75, 3.05) is 30.0 Å². The van der Waals surface area contributed by atoms with Crippen molar-refractivity contribution in [3.63, 3.8) is 0 Å². The van der Waals surface area contributed by atoms with Crippen molar-refractivity contribution in [1.29, 1.82) is 5.26 Å². The van der Waals surface area contributed by atoms with Crippen LogP contribution in [0, 0.1) is 18.3 Å². The van der Waals surface area contributed by atoms with Crippen LogP contribution in [-0.4, -0.2) is 53.5 Å². The lowest BCUT2D eigenvalue weighted by Gasteiger charge is -2.39. The van der Waals surface area contributed by atoms with Gasteiger partial charge in [0.05, 0.1) is 37.6 Å². The molecule has 0 radical (unpaired) electrons. The van der Waals surface area contributed by atoms with Crippen LogP contribution in [0.4, 0.5) is 11.4 Å². The van der Waals surface area contributed by atoms with E-state index < -0.39 is 22.8 Å². The molecule has 0 aliphatic carbocycles. The lowest BCUT2D eigenvalue weighted by Crippen LogP contribution is -2.47. The van der Waals surface area contributed by atoms with E-state index in [4.69, 9.17) is 4.74 Å². The number of nitrogens with zero attached hydrogens (tertiary/aromatic N) is 3. The number of benzene rings is 7. The lowest BCUT2D eigenvalue weighted by atomic mass is 9.67. The lowest BCUT2D eigenvalue weighted by molar-refractivity contribution is -0.137. The molecule has 3 unspecified atom stereocenters. The molecule has 0 saturated carbocycles. The van der Waals surface area contributed by atoms with Crippen LogP contribution >= 0.6 is 0 Å². The van der Waals surface area contributed by atoms with Crippen molar-refractivity contribution >= 4 is 44.9 Å². The molecule has 9 rings (SSSR count). The van der Waals surface area contributed by atoms with Crippen LogP contribution in [0.1, 0.15) is 53.1 Å². The standard InChI is InChI=1S/C60H55N3O6/c1-40-10-4-5-13-47(40)38-60(37-43-16-21-44-11-6-7-12-46(44)34-43)51-14-8-9-15-52(51)62(32-30-56(65)66)55(60)29-20-42(39-61)19-28-54-59(2,36-41-17-24-48(64)25-18-41)58-50-35-49(69-3)26-22-45(50)23-27-53(58)63(54)33-31-57(67)68/h4-29,34-35,55,64H,30-33,36-38H2,1-3H3,(H,65,66)(H,67,68)/b29-20+,42-19-,54-28+. The van der Waals surface area contributed by atoms with Gasteiger partial charge in [-0.05, 0) is 143 Å². The van der Waals surface area contributed by atoms with E-state index in [0.29, 0.717) is 30.6 Å². The summed E-state index contributed by atoms with van der Waals surface area (Å²) in [5.41, 5.74) is 8.32. The number of fused-ring (bicyclic) bond motifs is 5. The van der Waals surface area contributed by atoms with E-state index in [0.717, 1.165) is 66.4 Å². The number of phenols is 1. The Morgan fingerprint density at radius 3 is 2.17 bits per heavy atom. The van der Waals surface area contributed by atoms with Crippen LogP contribution in [-0.2, 0) is 39.7 Å². The maximum absolute atomic E-state index is 12.3. The molecular weight excluding hydrogens is 859 g/mol. The number of carboxylic acids is 2. The van der Waals surface area contributed by atoms with Crippen LogP contribution < -0.4 is 14.5 Å². The minimum absolute atomic E-state index is 0.0744. The van der Waals surface area contributed by atoms with Crippen molar-refractivity contribution in [3.8, 4) is 17.6 Å². The second-order valence-electron chi connectivity index (χ2n) is 18.6. The normalized spacial score (nSPS) is 19.3. The summed E-state index contributed by atoms with van der Waals surface area (Å²) < 4.78 is 5.72. The molecule has 9 nitrogen and oxygen atoms in total. The summed E-state index contributed by atoms with van der Waals surface area (Å²) >= 11 is 0. The fourth-order valence-electron chi connectivity index (χ4n) is 11.0. The Kier molecular flexibility index (Phi) is 12.8.